The number of carbonyl (C=O) groups is 1. The van der Waals surface area contributed by atoms with Gasteiger partial charge in [0.1, 0.15) is 5.82 Å². The summed E-state index contributed by atoms with van der Waals surface area (Å²) in [7, 11) is -3.34. The molecule has 0 spiro atoms. The molecule has 3 N–H and O–H groups in total. The number of rotatable bonds is 6. The molecule has 0 heterocycles. The largest absolute Gasteiger partial charge is 0.336 e. The van der Waals surface area contributed by atoms with Gasteiger partial charge in [-0.05, 0) is 38.0 Å². The molecule has 2 amide bonds. The summed E-state index contributed by atoms with van der Waals surface area (Å²) >= 11 is 0. The Hall–Kier alpha value is -1.67. The van der Waals surface area contributed by atoms with E-state index < -0.39 is 15.6 Å². The summed E-state index contributed by atoms with van der Waals surface area (Å²) in [5, 5.41) is 5.49. The second-order valence-corrected chi connectivity index (χ2v) is 8.33. The van der Waals surface area contributed by atoms with Gasteiger partial charge in [-0.1, -0.05) is 12.1 Å². The Morgan fingerprint density at radius 3 is 2.48 bits per heavy atom. The van der Waals surface area contributed by atoms with Gasteiger partial charge in [-0.25, -0.2) is 22.3 Å². The Bertz CT molecular complexity index is 674. The van der Waals surface area contributed by atoms with E-state index in [-0.39, 0.29) is 30.4 Å². The first-order valence-corrected chi connectivity index (χ1v) is 9.24. The molecule has 0 radical (unpaired) electrons. The lowest BCUT2D eigenvalue weighted by Crippen LogP contribution is -2.52. The van der Waals surface area contributed by atoms with E-state index in [9.17, 15) is 17.6 Å². The Morgan fingerprint density at radius 2 is 1.91 bits per heavy atom. The summed E-state index contributed by atoms with van der Waals surface area (Å²) in [4.78, 5) is 11.9. The number of sulfonamides is 1. The lowest BCUT2D eigenvalue weighted by Gasteiger charge is -2.25. The van der Waals surface area contributed by atoms with Crippen LogP contribution in [0.3, 0.4) is 0 Å². The van der Waals surface area contributed by atoms with Crippen LogP contribution < -0.4 is 15.4 Å². The van der Waals surface area contributed by atoms with Gasteiger partial charge in [-0.2, -0.15) is 0 Å². The fourth-order valence-corrected chi connectivity index (χ4v) is 3.57. The van der Waals surface area contributed by atoms with Gasteiger partial charge >= 0.3 is 6.03 Å². The van der Waals surface area contributed by atoms with Crippen LogP contribution >= 0.6 is 0 Å². The van der Waals surface area contributed by atoms with Crippen LogP contribution in [0, 0.1) is 5.82 Å². The molecule has 1 aromatic rings. The van der Waals surface area contributed by atoms with E-state index in [4.69, 9.17) is 0 Å². The average Bonchev–Trinajstić information content (AvgIpc) is 3.14. The highest BCUT2D eigenvalue weighted by Gasteiger charge is 2.39. The number of benzene rings is 1. The fourth-order valence-electron chi connectivity index (χ4n) is 2.49. The smallest absolute Gasteiger partial charge is 0.315 e. The Balaban J connectivity index is 1.77. The van der Waals surface area contributed by atoms with Crippen molar-refractivity contribution in [3.63, 3.8) is 0 Å². The van der Waals surface area contributed by atoms with Crippen LogP contribution in [0.2, 0.25) is 0 Å². The van der Waals surface area contributed by atoms with Crippen molar-refractivity contribution in [3.8, 4) is 0 Å². The number of urea groups is 1. The van der Waals surface area contributed by atoms with Crippen molar-refractivity contribution < 1.29 is 17.6 Å². The maximum atomic E-state index is 12.9. The lowest BCUT2D eigenvalue weighted by molar-refractivity contribution is 0.237. The maximum Gasteiger partial charge on any atom is 0.315 e. The zero-order valence-corrected chi connectivity index (χ0v) is 14.2. The Kier molecular flexibility index (Phi) is 4.95. The first-order valence-electron chi connectivity index (χ1n) is 7.34. The second-order valence-electron chi connectivity index (χ2n) is 6.59. The van der Waals surface area contributed by atoms with Crippen molar-refractivity contribution in [2.75, 3.05) is 12.8 Å². The third-order valence-corrected chi connectivity index (χ3v) is 4.48. The molecule has 2 atom stereocenters. The maximum absolute atomic E-state index is 12.9. The molecular formula is C15H22FN3O3S. The zero-order valence-electron chi connectivity index (χ0n) is 13.4. The van der Waals surface area contributed by atoms with Gasteiger partial charge in [-0.15, -0.1) is 0 Å². The van der Waals surface area contributed by atoms with Crippen LogP contribution in [0.4, 0.5) is 9.18 Å². The molecule has 0 aromatic heterocycles. The van der Waals surface area contributed by atoms with E-state index in [0.29, 0.717) is 0 Å². The van der Waals surface area contributed by atoms with E-state index in [1.165, 1.54) is 12.1 Å². The topological polar surface area (TPSA) is 87.3 Å². The van der Waals surface area contributed by atoms with E-state index >= 15 is 0 Å². The predicted molar refractivity (Wildman–Crippen MR) is 86.1 cm³/mol. The molecule has 1 fully saturated rings. The minimum absolute atomic E-state index is 0.0199. The molecule has 0 saturated heterocycles. The van der Waals surface area contributed by atoms with Crippen molar-refractivity contribution in [1.29, 1.82) is 0 Å². The molecule has 0 bridgehead atoms. The highest BCUT2D eigenvalue weighted by Crippen LogP contribution is 2.40. The summed E-state index contributed by atoms with van der Waals surface area (Å²) < 4.78 is 37.8. The van der Waals surface area contributed by atoms with Crippen molar-refractivity contribution in [2.24, 2.45) is 0 Å². The third kappa shape index (κ3) is 5.80. The molecule has 1 saturated carbocycles. The first-order chi connectivity index (χ1) is 10.6. The van der Waals surface area contributed by atoms with Crippen molar-refractivity contribution in [1.82, 2.24) is 15.4 Å². The van der Waals surface area contributed by atoms with E-state index in [2.05, 4.69) is 15.4 Å². The molecule has 2 rings (SSSR count). The molecule has 1 aliphatic rings. The standard InChI is InChI=1S/C15H22FN3O3S/c1-15(2,19-23(3,21)22)9-17-14(20)18-13-8-12(13)10-4-6-11(16)7-5-10/h4-7,12-13,19H,8-9H2,1-3H3,(H2,17,18,20)/t12-,13-/m1/s1. The normalized spacial score (nSPS) is 20.9. The van der Waals surface area contributed by atoms with Crippen molar-refractivity contribution >= 4 is 16.1 Å². The molecule has 23 heavy (non-hydrogen) atoms. The van der Waals surface area contributed by atoms with E-state index in [1.54, 1.807) is 26.0 Å². The third-order valence-electron chi connectivity index (χ3n) is 3.56. The number of hydrogen-bond acceptors (Lipinski definition) is 3. The number of hydrogen-bond donors (Lipinski definition) is 3. The number of amides is 2. The summed E-state index contributed by atoms with van der Waals surface area (Å²) in [5.74, 6) is -0.0826. The molecule has 6 nitrogen and oxygen atoms in total. The van der Waals surface area contributed by atoms with E-state index in [1.807, 2.05) is 0 Å². The molecule has 128 valence electrons. The Morgan fingerprint density at radius 1 is 1.30 bits per heavy atom. The second kappa shape index (κ2) is 6.45. The van der Waals surface area contributed by atoms with Gasteiger partial charge in [0.2, 0.25) is 10.0 Å². The fraction of sp³-hybridized carbons (Fsp3) is 0.533. The van der Waals surface area contributed by atoms with Gasteiger partial charge in [0.05, 0.1) is 6.26 Å². The highest BCUT2D eigenvalue weighted by molar-refractivity contribution is 7.88. The quantitative estimate of drug-likeness (QED) is 0.728. The van der Waals surface area contributed by atoms with Crippen LogP contribution in [-0.2, 0) is 10.0 Å². The summed E-state index contributed by atoms with van der Waals surface area (Å²) in [6.45, 7) is 3.54. The molecule has 0 unspecified atom stereocenters. The van der Waals surface area contributed by atoms with Crippen LogP contribution in [0.5, 0.6) is 0 Å². The minimum Gasteiger partial charge on any atom is -0.336 e. The van der Waals surface area contributed by atoms with Gasteiger partial charge in [0.25, 0.3) is 0 Å². The minimum atomic E-state index is -3.34. The summed E-state index contributed by atoms with van der Waals surface area (Å²) in [5.41, 5.74) is 0.223. The summed E-state index contributed by atoms with van der Waals surface area (Å²) in [6, 6.07) is 5.93. The zero-order chi connectivity index (χ0) is 17.3. The molecule has 8 heteroatoms. The average molecular weight is 343 g/mol. The van der Waals surface area contributed by atoms with Gasteiger partial charge in [0.15, 0.2) is 0 Å². The number of halogens is 1. The van der Waals surface area contributed by atoms with Gasteiger partial charge in [0, 0.05) is 24.0 Å². The van der Waals surface area contributed by atoms with Crippen LogP contribution in [-0.4, -0.2) is 38.8 Å². The predicted octanol–water partition coefficient (Wildman–Crippen LogP) is 1.31. The van der Waals surface area contributed by atoms with Crippen molar-refractivity contribution in [3.05, 3.63) is 35.6 Å². The molecule has 0 aliphatic heterocycles. The molecular weight excluding hydrogens is 321 g/mol. The van der Waals surface area contributed by atoms with Gasteiger partial charge < -0.3 is 10.6 Å². The lowest BCUT2D eigenvalue weighted by atomic mass is 10.1. The number of nitrogens with one attached hydrogen (secondary N) is 3. The molecule has 1 aromatic carbocycles. The number of carbonyl (C=O) groups excluding carboxylic acids is 1. The summed E-state index contributed by atoms with van der Waals surface area (Å²) in [6.07, 6.45) is 1.89. The monoisotopic (exact) mass is 343 g/mol. The van der Waals surface area contributed by atoms with Crippen LogP contribution in [0.15, 0.2) is 24.3 Å². The van der Waals surface area contributed by atoms with Gasteiger partial charge in [-0.3, -0.25) is 0 Å². The SMILES string of the molecule is CC(C)(CNC(=O)N[C@@H]1C[C@@H]1c1ccc(F)cc1)NS(C)(=O)=O. The van der Waals surface area contributed by atoms with E-state index in [0.717, 1.165) is 18.2 Å². The van der Waals surface area contributed by atoms with Crippen molar-refractivity contribution in [2.45, 2.75) is 37.8 Å². The van der Waals surface area contributed by atoms with Crippen LogP contribution in [0.1, 0.15) is 31.7 Å². The highest BCUT2D eigenvalue weighted by atomic mass is 32.2. The Labute approximate surface area is 135 Å². The van der Waals surface area contributed by atoms with Crippen LogP contribution in [0.25, 0.3) is 0 Å². The molecule has 1 aliphatic carbocycles. The first kappa shape index (κ1) is 17.7.